The SMILES string of the molecule is COc1ccc(N(CC(=O)N/N=C\c2ccc(OCC(=O)Nc3ccccc3)cc2)S(=O)(=O)c2ccc(C)cc2)cc1. The molecule has 0 radical (unpaired) electrons. The van der Waals surface area contributed by atoms with Crippen LogP contribution in [0.25, 0.3) is 0 Å². The number of carbonyl (C=O) groups excluding carboxylic acids is 2. The number of carbonyl (C=O) groups is 2. The highest BCUT2D eigenvalue weighted by molar-refractivity contribution is 7.92. The summed E-state index contributed by atoms with van der Waals surface area (Å²) < 4.78 is 38.7. The number of methoxy groups -OCH3 is 1. The lowest BCUT2D eigenvalue weighted by Gasteiger charge is -2.24. The number of hydrogen-bond donors (Lipinski definition) is 2. The van der Waals surface area contributed by atoms with Gasteiger partial charge >= 0.3 is 0 Å². The van der Waals surface area contributed by atoms with Gasteiger partial charge in [-0.15, -0.1) is 0 Å². The first-order valence-corrected chi connectivity index (χ1v) is 14.3. The molecule has 10 nitrogen and oxygen atoms in total. The highest BCUT2D eigenvalue weighted by Gasteiger charge is 2.27. The number of para-hydroxylation sites is 1. The van der Waals surface area contributed by atoms with Gasteiger partial charge in [-0.2, -0.15) is 5.10 Å². The molecule has 4 rings (SSSR count). The fraction of sp³-hybridized carbons (Fsp3) is 0.129. The third-order valence-corrected chi connectivity index (χ3v) is 7.76. The van der Waals surface area contributed by atoms with Crippen LogP contribution in [0.2, 0.25) is 0 Å². The number of anilines is 2. The molecule has 0 unspecified atom stereocenters. The van der Waals surface area contributed by atoms with Crippen LogP contribution in [0.4, 0.5) is 11.4 Å². The van der Waals surface area contributed by atoms with Gasteiger partial charge in [0, 0.05) is 5.69 Å². The van der Waals surface area contributed by atoms with E-state index in [1.165, 1.54) is 25.5 Å². The molecule has 0 aliphatic carbocycles. The van der Waals surface area contributed by atoms with Crippen LogP contribution < -0.4 is 24.5 Å². The first kappa shape index (κ1) is 29.8. The number of nitrogens with one attached hydrogen (secondary N) is 2. The number of rotatable bonds is 12. The number of ether oxygens (including phenoxy) is 2. The normalized spacial score (nSPS) is 11.1. The molecule has 4 aromatic carbocycles. The minimum absolute atomic E-state index is 0.0556. The Morgan fingerprint density at radius 2 is 1.48 bits per heavy atom. The van der Waals surface area contributed by atoms with Crippen molar-refractivity contribution in [1.82, 2.24) is 5.43 Å². The van der Waals surface area contributed by atoms with Crippen molar-refractivity contribution in [3.05, 3.63) is 114 Å². The molecule has 11 heteroatoms. The fourth-order valence-electron chi connectivity index (χ4n) is 3.76. The zero-order valence-electron chi connectivity index (χ0n) is 23.1. The van der Waals surface area contributed by atoms with Gasteiger partial charge in [-0.1, -0.05) is 35.9 Å². The van der Waals surface area contributed by atoms with Gasteiger partial charge in [0.15, 0.2) is 6.61 Å². The minimum Gasteiger partial charge on any atom is -0.497 e. The Morgan fingerprint density at radius 1 is 0.833 bits per heavy atom. The zero-order chi connectivity index (χ0) is 30.0. The minimum atomic E-state index is -4.06. The van der Waals surface area contributed by atoms with Crippen molar-refractivity contribution in [1.29, 1.82) is 0 Å². The van der Waals surface area contributed by atoms with Crippen LogP contribution in [-0.4, -0.2) is 46.7 Å². The summed E-state index contributed by atoms with van der Waals surface area (Å²) in [5.41, 5.74) is 4.91. The van der Waals surface area contributed by atoms with Gasteiger partial charge < -0.3 is 14.8 Å². The van der Waals surface area contributed by atoms with Gasteiger partial charge in [-0.05, 0) is 85.3 Å². The summed E-state index contributed by atoms with van der Waals surface area (Å²) in [6.45, 7) is 1.20. The fourth-order valence-corrected chi connectivity index (χ4v) is 5.18. The van der Waals surface area contributed by atoms with Crippen LogP contribution >= 0.6 is 0 Å². The third-order valence-electron chi connectivity index (χ3n) is 5.97. The molecule has 0 atom stereocenters. The molecule has 0 aliphatic rings. The predicted octanol–water partition coefficient (Wildman–Crippen LogP) is 4.37. The van der Waals surface area contributed by atoms with E-state index in [1.807, 2.05) is 25.1 Å². The van der Waals surface area contributed by atoms with E-state index in [4.69, 9.17) is 9.47 Å². The molecule has 0 saturated heterocycles. The molecular weight excluding hydrogens is 556 g/mol. The summed E-state index contributed by atoms with van der Waals surface area (Å²) >= 11 is 0. The lowest BCUT2D eigenvalue weighted by Crippen LogP contribution is -2.39. The maximum Gasteiger partial charge on any atom is 0.264 e. The molecule has 2 N–H and O–H groups in total. The Labute approximate surface area is 244 Å². The number of hydrazone groups is 1. The number of nitrogens with zero attached hydrogens (tertiary/aromatic N) is 2. The maximum atomic E-state index is 13.5. The molecule has 42 heavy (non-hydrogen) atoms. The van der Waals surface area contributed by atoms with E-state index in [9.17, 15) is 18.0 Å². The lowest BCUT2D eigenvalue weighted by molar-refractivity contribution is -0.119. The monoisotopic (exact) mass is 586 g/mol. The van der Waals surface area contributed by atoms with Gasteiger partial charge in [0.1, 0.15) is 18.0 Å². The smallest absolute Gasteiger partial charge is 0.264 e. The van der Waals surface area contributed by atoms with Gasteiger partial charge in [0.25, 0.3) is 21.8 Å². The van der Waals surface area contributed by atoms with Crippen molar-refractivity contribution in [3.63, 3.8) is 0 Å². The summed E-state index contributed by atoms with van der Waals surface area (Å²) in [4.78, 5) is 24.9. The molecule has 0 bridgehead atoms. The van der Waals surface area contributed by atoms with E-state index in [0.29, 0.717) is 28.4 Å². The van der Waals surface area contributed by atoms with Crippen LogP contribution in [0.3, 0.4) is 0 Å². The standard InChI is InChI=1S/C31H30N4O6S/c1-23-8-18-29(19-9-23)42(38,39)35(26-12-16-27(40-2)17-13-26)21-30(36)34-32-20-24-10-14-28(15-11-24)41-22-31(37)33-25-6-4-3-5-7-25/h3-20H,21-22H2,1-2H3,(H,33,37)(H,34,36)/b32-20-. The van der Waals surface area contributed by atoms with Gasteiger partial charge in [0.05, 0.1) is 23.9 Å². The van der Waals surface area contributed by atoms with Crippen molar-refractivity contribution in [3.8, 4) is 11.5 Å². The van der Waals surface area contributed by atoms with E-state index >= 15 is 0 Å². The van der Waals surface area contributed by atoms with E-state index in [2.05, 4.69) is 15.8 Å². The average molecular weight is 587 g/mol. The Kier molecular flexibility index (Phi) is 9.90. The Balaban J connectivity index is 1.36. The first-order valence-electron chi connectivity index (χ1n) is 12.9. The number of benzene rings is 4. The zero-order valence-corrected chi connectivity index (χ0v) is 23.9. The van der Waals surface area contributed by atoms with E-state index in [1.54, 1.807) is 72.8 Å². The summed E-state index contributed by atoms with van der Waals surface area (Å²) in [5, 5.41) is 6.70. The van der Waals surface area contributed by atoms with Crippen LogP contribution in [0.15, 0.2) is 113 Å². The van der Waals surface area contributed by atoms with E-state index < -0.39 is 22.5 Å². The summed E-state index contributed by atoms with van der Waals surface area (Å²) in [7, 11) is -2.55. The molecule has 0 aromatic heterocycles. The molecule has 4 aromatic rings. The van der Waals surface area contributed by atoms with Gasteiger partial charge in [-0.25, -0.2) is 13.8 Å². The Hall–Kier alpha value is -5.16. The molecule has 216 valence electrons. The molecule has 2 amide bonds. The Bertz CT molecular complexity index is 1620. The second-order valence-electron chi connectivity index (χ2n) is 9.09. The second kappa shape index (κ2) is 14.0. The second-order valence-corrected chi connectivity index (χ2v) is 11.0. The summed E-state index contributed by atoms with van der Waals surface area (Å²) in [6.07, 6.45) is 1.41. The van der Waals surface area contributed by atoms with Gasteiger partial charge in [0.2, 0.25) is 0 Å². The van der Waals surface area contributed by atoms with Crippen molar-refractivity contribution in [2.45, 2.75) is 11.8 Å². The van der Waals surface area contributed by atoms with Crippen LogP contribution in [0.1, 0.15) is 11.1 Å². The molecular formula is C31H30N4O6S. The quantitative estimate of drug-likeness (QED) is 0.188. The Morgan fingerprint density at radius 3 is 2.12 bits per heavy atom. The van der Waals surface area contributed by atoms with Crippen molar-refractivity contribution >= 4 is 39.4 Å². The van der Waals surface area contributed by atoms with Crippen LogP contribution in [0, 0.1) is 6.92 Å². The third kappa shape index (κ3) is 8.18. The van der Waals surface area contributed by atoms with Crippen LogP contribution in [-0.2, 0) is 19.6 Å². The van der Waals surface area contributed by atoms with Gasteiger partial charge in [-0.3, -0.25) is 13.9 Å². The molecule has 0 saturated carbocycles. The van der Waals surface area contributed by atoms with E-state index in [0.717, 1.165) is 9.87 Å². The maximum absolute atomic E-state index is 13.5. The molecule has 0 fully saturated rings. The highest BCUT2D eigenvalue weighted by atomic mass is 32.2. The molecule has 0 heterocycles. The van der Waals surface area contributed by atoms with E-state index in [-0.39, 0.29) is 17.4 Å². The van der Waals surface area contributed by atoms with Crippen LogP contribution in [0.5, 0.6) is 11.5 Å². The highest BCUT2D eigenvalue weighted by Crippen LogP contribution is 2.26. The predicted molar refractivity (Wildman–Crippen MR) is 161 cm³/mol. The largest absolute Gasteiger partial charge is 0.497 e. The summed E-state index contributed by atoms with van der Waals surface area (Å²) in [6, 6.07) is 28.6. The molecule has 0 spiro atoms. The lowest BCUT2D eigenvalue weighted by atomic mass is 10.2. The van der Waals surface area contributed by atoms with Crippen molar-refractivity contribution < 1.29 is 27.5 Å². The number of amides is 2. The van der Waals surface area contributed by atoms with Crippen molar-refractivity contribution in [2.24, 2.45) is 5.10 Å². The number of sulfonamides is 1. The first-order chi connectivity index (χ1) is 20.2. The average Bonchev–Trinajstić information content (AvgIpc) is 3.00. The number of hydrogen-bond acceptors (Lipinski definition) is 7. The summed E-state index contributed by atoms with van der Waals surface area (Å²) in [5.74, 6) is 0.105. The molecule has 0 aliphatic heterocycles. The number of aryl methyl sites for hydroxylation is 1. The van der Waals surface area contributed by atoms with Crippen molar-refractivity contribution in [2.75, 3.05) is 29.9 Å². The topological polar surface area (TPSA) is 126 Å².